The van der Waals surface area contributed by atoms with Gasteiger partial charge in [0.15, 0.2) is 4.77 Å². The van der Waals surface area contributed by atoms with Gasteiger partial charge in [-0.15, -0.1) is 0 Å². The highest BCUT2D eigenvalue weighted by atomic mass is 32.1. The summed E-state index contributed by atoms with van der Waals surface area (Å²) in [6, 6.07) is 0. The van der Waals surface area contributed by atoms with Crippen molar-refractivity contribution in [3.63, 3.8) is 0 Å². The Morgan fingerprint density at radius 2 is 2.45 bits per heavy atom. The van der Waals surface area contributed by atoms with Crippen molar-refractivity contribution in [1.29, 1.82) is 0 Å². The summed E-state index contributed by atoms with van der Waals surface area (Å²) in [5, 5.41) is 10.2. The second-order valence-corrected chi connectivity index (χ2v) is 2.34. The number of hydrogen-bond acceptors (Lipinski definition) is 4. The van der Waals surface area contributed by atoms with Gasteiger partial charge in [0.25, 0.3) is 0 Å². The highest BCUT2D eigenvalue weighted by Gasteiger charge is 2.09. The number of rotatable bonds is 1. The number of nitrogens with zero attached hydrogens (tertiary/aromatic N) is 2. The molecule has 1 heterocycles. The minimum atomic E-state index is -0.506. The molecule has 0 atom stereocenters. The van der Waals surface area contributed by atoms with Gasteiger partial charge in [-0.3, -0.25) is 10.1 Å². The maximum atomic E-state index is 10.2. The third kappa shape index (κ3) is 1.58. The van der Waals surface area contributed by atoms with Crippen LogP contribution >= 0.6 is 12.2 Å². The Hall–Kier alpha value is -1.30. The first-order valence-corrected chi connectivity index (χ1v) is 3.22. The first kappa shape index (κ1) is 7.80. The molecule has 0 saturated heterocycles. The molecule has 58 valence electrons. The Kier molecular flexibility index (Phi) is 1.95. The highest BCUT2D eigenvalue weighted by Crippen LogP contribution is 2.11. The van der Waals surface area contributed by atoms with Gasteiger partial charge in [-0.2, -0.15) is 0 Å². The molecule has 0 aliphatic heterocycles. The van der Waals surface area contributed by atoms with Crippen LogP contribution in [0.1, 0.15) is 5.69 Å². The van der Waals surface area contributed by atoms with Crippen molar-refractivity contribution in [1.82, 2.24) is 9.97 Å². The fourth-order valence-corrected chi connectivity index (χ4v) is 0.863. The van der Waals surface area contributed by atoms with Crippen molar-refractivity contribution in [2.24, 2.45) is 0 Å². The van der Waals surface area contributed by atoms with Gasteiger partial charge < -0.3 is 4.98 Å². The first-order chi connectivity index (χ1) is 5.11. The maximum absolute atomic E-state index is 10.2. The van der Waals surface area contributed by atoms with Gasteiger partial charge in [0.05, 0.1) is 10.6 Å². The molecule has 0 aromatic carbocycles. The maximum Gasteiger partial charge on any atom is 0.306 e. The van der Waals surface area contributed by atoms with Crippen LogP contribution in [0.4, 0.5) is 5.69 Å². The van der Waals surface area contributed by atoms with Gasteiger partial charge >= 0.3 is 5.69 Å². The lowest BCUT2D eigenvalue weighted by Gasteiger charge is -1.93. The van der Waals surface area contributed by atoms with Crippen LogP contribution in [-0.2, 0) is 0 Å². The molecule has 1 rings (SSSR count). The van der Waals surface area contributed by atoms with Crippen LogP contribution in [-0.4, -0.2) is 14.9 Å². The average molecular weight is 171 g/mol. The fourth-order valence-electron chi connectivity index (χ4n) is 0.657. The molecule has 1 N–H and O–H groups in total. The zero-order valence-corrected chi connectivity index (χ0v) is 6.51. The molecule has 5 nitrogen and oxygen atoms in total. The summed E-state index contributed by atoms with van der Waals surface area (Å²) in [6.45, 7) is 1.58. The largest absolute Gasteiger partial charge is 0.329 e. The standard InChI is InChI=1S/C5H5N3O2S/c1-3-4(8(9)10)2-6-5(11)7-3/h2H,1H3,(H,6,7,11). The van der Waals surface area contributed by atoms with E-state index in [0.717, 1.165) is 6.20 Å². The van der Waals surface area contributed by atoms with Gasteiger partial charge in [-0.05, 0) is 19.1 Å². The third-order valence-electron chi connectivity index (χ3n) is 1.18. The van der Waals surface area contributed by atoms with E-state index >= 15 is 0 Å². The van der Waals surface area contributed by atoms with E-state index in [1.165, 1.54) is 0 Å². The Morgan fingerprint density at radius 1 is 1.82 bits per heavy atom. The second-order valence-electron chi connectivity index (χ2n) is 1.96. The number of nitrogens with one attached hydrogen (secondary N) is 1. The van der Waals surface area contributed by atoms with Crippen LogP contribution in [0.3, 0.4) is 0 Å². The summed E-state index contributed by atoms with van der Waals surface area (Å²) in [6.07, 6.45) is 1.15. The predicted octanol–water partition coefficient (Wildman–Crippen LogP) is 1.36. The molecule has 1 aromatic heterocycles. The zero-order valence-electron chi connectivity index (χ0n) is 5.70. The van der Waals surface area contributed by atoms with Crippen LogP contribution in [0, 0.1) is 21.8 Å². The van der Waals surface area contributed by atoms with Crippen LogP contribution < -0.4 is 0 Å². The minimum Gasteiger partial charge on any atom is -0.329 e. The van der Waals surface area contributed by atoms with Crippen molar-refractivity contribution in [3.8, 4) is 0 Å². The lowest BCUT2D eigenvalue weighted by molar-refractivity contribution is -0.386. The minimum absolute atomic E-state index is 0.0430. The molecular formula is C5H5N3O2S. The number of aryl methyl sites for hydroxylation is 1. The van der Waals surface area contributed by atoms with Crippen LogP contribution in [0.25, 0.3) is 0 Å². The molecule has 0 aliphatic carbocycles. The third-order valence-corrected chi connectivity index (χ3v) is 1.39. The predicted molar refractivity (Wildman–Crippen MR) is 40.8 cm³/mol. The SMILES string of the molecule is Cc1[nH]c(=S)ncc1[N+](=O)[O-]. The van der Waals surface area contributed by atoms with Gasteiger partial charge in [-0.25, -0.2) is 4.98 Å². The molecule has 0 amide bonds. The summed E-state index contributed by atoms with van der Waals surface area (Å²) < 4.78 is 0.258. The summed E-state index contributed by atoms with van der Waals surface area (Å²) in [5.74, 6) is 0. The second kappa shape index (κ2) is 2.75. The lowest BCUT2D eigenvalue weighted by Crippen LogP contribution is -1.95. The molecule has 1 aromatic rings. The van der Waals surface area contributed by atoms with Crippen molar-refractivity contribution < 1.29 is 4.92 Å². The quantitative estimate of drug-likeness (QED) is 0.393. The van der Waals surface area contributed by atoms with E-state index in [9.17, 15) is 10.1 Å². The number of H-pyrrole nitrogens is 1. The van der Waals surface area contributed by atoms with E-state index in [1.807, 2.05) is 0 Å². The summed E-state index contributed by atoms with van der Waals surface area (Å²) in [7, 11) is 0. The number of hydrogen-bond donors (Lipinski definition) is 1. The molecule has 0 spiro atoms. The smallest absolute Gasteiger partial charge is 0.306 e. The van der Waals surface area contributed by atoms with Crippen molar-refractivity contribution in [2.75, 3.05) is 0 Å². The van der Waals surface area contributed by atoms with E-state index in [1.54, 1.807) is 6.92 Å². The monoisotopic (exact) mass is 171 g/mol. The van der Waals surface area contributed by atoms with E-state index in [0.29, 0.717) is 5.69 Å². The van der Waals surface area contributed by atoms with Crippen molar-refractivity contribution in [2.45, 2.75) is 6.92 Å². The molecular weight excluding hydrogens is 166 g/mol. The molecule has 11 heavy (non-hydrogen) atoms. The van der Waals surface area contributed by atoms with E-state index < -0.39 is 4.92 Å². The number of aromatic nitrogens is 2. The number of aromatic amines is 1. The van der Waals surface area contributed by atoms with Gasteiger partial charge in [0, 0.05) is 0 Å². The van der Waals surface area contributed by atoms with Gasteiger partial charge in [0.2, 0.25) is 0 Å². The van der Waals surface area contributed by atoms with E-state index in [4.69, 9.17) is 0 Å². The summed E-state index contributed by atoms with van der Waals surface area (Å²) >= 11 is 4.66. The van der Waals surface area contributed by atoms with Crippen LogP contribution in [0.5, 0.6) is 0 Å². The Morgan fingerprint density at radius 3 is 2.91 bits per heavy atom. The van der Waals surface area contributed by atoms with Crippen LogP contribution in [0.2, 0.25) is 0 Å². The first-order valence-electron chi connectivity index (χ1n) is 2.81. The zero-order chi connectivity index (χ0) is 8.43. The molecule has 0 fully saturated rings. The molecule has 0 saturated carbocycles. The van der Waals surface area contributed by atoms with Gasteiger partial charge in [0.1, 0.15) is 6.20 Å². The van der Waals surface area contributed by atoms with Gasteiger partial charge in [-0.1, -0.05) is 0 Å². The van der Waals surface area contributed by atoms with Crippen molar-refractivity contribution in [3.05, 3.63) is 26.8 Å². The number of nitro groups is 1. The topological polar surface area (TPSA) is 71.8 Å². The summed E-state index contributed by atoms with van der Waals surface area (Å²) in [5.41, 5.74) is 0.383. The summed E-state index contributed by atoms with van der Waals surface area (Å²) in [4.78, 5) is 15.9. The lowest BCUT2D eigenvalue weighted by atomic mass is 10.4. The fraction of sp³-hybridized carbons (Fsp3) is 0.200. The van der Waals surface area contributed by atoms with E-state index in [2.05, 4.69) is 22.2 Å². The van der Waals surface area contributed by atoms with Crippen LogP contribution in [0.15, 0.2) is 6.20 Å². The molecule has 0 bridgehead atoms. The molecule has 0 unspecified atom stereocenters. The average Bonchev–Trinajstić information content (AvgIpc) is 1.85. The van der Waals surface area contributed by atoms with E-state index in [-0.39, 0.29) is 10.5 Å². The molecule has 0 aliphatic rings. The van der Waals surface area contributed by atoms with Crippen molar-refractivity contribution >= 4 is 17.9 Å². The molecule has 0 radical (unpaired) electrons. The Balaban J connectivity index is 3.31. The Labute approximate surface area is 67.2 Å². The Bertz CT molecular complexity index is 346. The normalized spacial score (nSPS) is 9.55. The molecule has 6 heteroatoms. The highest BCUT2D eigenvalue weighted by molar-refractivity contribution is 7.71.